The van der Waals surface area contributed by atoms with Crippen molar-refractivity contribution in [3.63, 3.8) is 0 Å². The number of guanidine groups is 1. The molecule has 164 valence electrons. The van der Waals surface area contributed by atoms with Crippen LogP contribution in [0, 0.1) is 5.82 Å². The zero-order valence-electron chi connectivity index (χ0n) is 17.5. The first kappa shape index (κ1) is 20.4. The molecule has 0 aromatic heterocycles. The molecule has 0 saturated carbocycles. The van der Waals surface area contributed by atoms with Crippen molar-refractivity contribution in [2.45, 2.75) is 12.6 Å². The molecule has 3 aliphatic rings. The van der Waals surface area contributed by atoms with E-state index in [1.165, 1.54) is 18.0 Å². The zero-order chi connectivity index (χ0) is 22.6. The first-order valence-corrected chi connectivity index (χ1v) is 10.5. The molecule has 2 aromatic rings. The molecule has 1 atom stereocenters. The highest BCUT2D eigenvalue weighted by Crippen LogP contribution is 2.29. The van der Waals surface area contributed by atoms with Crippen LogP contribution in [0.15, 0.2) is 47.5 Å². The van der Waals surface area contributed by atoms with Gasteiger partial charge in [-0.15, -0.1) is 0 Å². The molecule has 32 heavy (non-hydrogen) atoms. The van der Waals surface area contributed by atoms with Gasteiger partial charge in [0.25, 0.3) is 5.91 Å². The van der Waals surface area contributed by atoms with Gasteiger partial charge >= 0.3 is 12.0 Å². The Bertz CT molecular complexity index is 1190. The Morgan fingerprint density at radius 2 is 1.97 bits per heavy atom. The highest BCUT2D eigenvalue weighted by molar-refractivity contribution is 6.31. The number of carbonyl (C=O) groups excluding carboxylic acids is 2. The van der Waals surface area contributed by atoms with Crippen LogP contribution in [0.2, 0.25) is 5.02 Å². The summed E-state index contributed by atoms with van der Waals surface area (Å²) in [7, 11) is 3.10. The molecule has 3 heterocycles. The van der Waals surface area contributed by atoms with Gasteiger partial charge in [0, 0.05) is 25.7 Å². The third kappa shape index (κ3) is 3.12. The van der Waals surface area contributed by atoms with E-state index < -0.39 is 17.9 Å². The summed E-state index contributed by atoms with van der Waals surface area (Å²) in [5.41, 5.74) is 1.11. The highest BCUT2D eigenvalue weighted by atomic mass is 35.5. The highest BCUT2D eigenvalue weighted by Gasteiger charge is 2.54. The summed E-state index contributed by atoms with van der Waals surface area (Å²) < 4.78 is 21.7. The number of hydrogen-bond donors (Lipinski definition) is 0. The van der Waals surface area contributed by atoms with Gasteiger partial charge < -0.3 is 4.74 Å². The van der Waals surface area contributed by atoms with Gasteiger partial charge in [-0.05, 0) is 24.3 Å². The lowest BCUT2D eigenvalue weighted by atomic mass is 10.1. The van der Waals surface area contributed by atoms with E-state index in [-0.39, 0.29) is 12.5 Å². The number of aliphatic imine (C=N–C) groups is 1. The second kappa shape index (κ2) is 7.59. The van der Waals surface area contributed by atoms with Crippen molar-refractivity contribution in [3.05, 3.63) is 58.9 Å². The van der Waals surface area contributed by atoms with Gasteiger partial charge in [-0.2, -0.15) is 0 Å². The summed E-state index contributed by atoms with van der Waals surface area (Å²) in [5.74, 6) is 0.883. The molecule has 0 radical (unpaired) electrons. The number of nitrogens with zero attached hydrogens (tertiary/aromatic N) is 5. The summed E-state index contributed by atoms with van der Waals surface area (Å²) in [5, 5.41) is 0.310. The van der Waals surface area contributed by atoms with Crippen LogP contribution < -0.4 is 9.64 Å². The van der Waals surface area contributed by atoms with E-state index in [0.29, 0.717) is 41.2 Å². The number of urea groups is 1. The van der Waals surface area contributed by atoms with Gasteiger partial charge in [0.15, 0.2) is 0 Å². The van der Waals surface area contributed by atoms with E-state index in [1.54, 1.807) is 25.2 Å². The standard InChI is InChI=1S/C22H20ClFN5O3/c1-26-19-18(20(30)27(2)22(26)31)29-10-9-28(21(29)25-19)13-5-3-6-14(11-13)32-12-15-16(23)7-4-8-17(15)24/h3-8,11,18H,9-10,12H2,1-2H3/q+1. The first-order valence-electron chi connectivity index (χ1n) is 10.1. The van der Waals surface area contributed by atoms with Gasteiger partial charge in [-0.1, -0.05) is 28.7 Å². The number of anilines is 1. The molecule has 8 nitrogen and oxygen atoms in total. The number of carbonyl (C=O) groups is 2. The Morgan fingerprint density at radius 1 is 1.19 bits per heavy atom. The zero-order valence-corrected chi connectivity index (χ0v) is 18.2. The monoisotopic (exact) mass is 456 g/mol. The Balaban J connectivity index is 1.40. The number of amidine groups is 1. The molecule has 10 heteroatoms. The van der Waals surface area contributed by atoms with Crippen LogP contribution in [0.5, 0.6) is 5.75 Å². The maximum absolute atomic E-state index is 14.0. The molecule has 3 amide bonds. The van der Waals surface area contributed by atoms with Crippen molar-refractivity contribution in [1.82, 2.24) is 9.80 Å². The van der Waals surface area contributed by atoms with Gasteiger partial charge in [0.05, 0.1) is 11.6 Å². The molecule has 0 aliphatic carbocycles. The lowest BCUT2D eigenvalue weighted by Gasteiger charge is -2.31. The molecule has 1 fully saturated rings. The first-order chi connectivity index (χ1) is 15.4. The number of rotatable bonds is 4. The lowest BCUT2D eigenvalue weighted by molar-refractivity contribution is -0.525. The second-order valence-electron chi connectivity index (χ2n) is 7.74. The van der Waals surface area contributed by atoms with E-state index in [0.717, 1.165) is 10.6 Å². The Labute approximate surface area is 188 Å². The van der Waals surface area contributed by atoms with Crippen molar-refractivity contribution in [2.24, 2.45) is 4.99 Å². The Hall–Kier alpha value is -3.46. The van der Waals surface area contributed by atoms with Crippen LogP contribution in [-0.2, 0) is 11.4 Å². The molecule has 0 bridgehead atoms. The van der Waals surface area contributed by atoms with Crippen molar-refractivity contribution >= 4 is 41.0 Å². The fourth-order valence-electron chi connectivity index (χ4n) is 4.15. The van der Waals surface area contributed by atoms with Crippen molar-refractivity contribution in [3.8, 4) is 5.75 Å². The van der Waals surface area contributed by atoms with E-state index in [9.17, 15) is 14.0 Å². The largest absolute Gasteiger partial charge is 0.489 e. The number of halogens is 2. The topological polar surface area (TPSA) is 68.5 Å². The number of hydrogen-bond acceptors (Lipinski definition) is 5. The molecule has 3 aliphatic heterocycles. The molecule has 1 saturated heterocycles. The molecule has 0 N–H and O–H groups in total. The van der Waals surface area contributed by atoms with Gasteiger partial charge in [0.2, 0.25) is 11.9 Å². The normalized spacial score (nSPS) is 20.1. The SMILES string of the molecule is CN1C(=O)C2C(=NC3=[N+]2CCN3c2cccc(OCc3c(F)cccc3Cl)c2)N(C)C1=O. The molecule has 5 rings (SSSR count). The van der Waals surface area contributed by atoms with E-state index in [4.69, 9.17) is 16.3 Å². The average Bonchev–Trinajstić information content (AvgIpc) is 3.35. The average molecular weight is 457 g/mol. The van der Waals surface area contributed by atoms with E-state index >= 15 is 0 Å². The maximum Gasteiger partial charge on any atom is 0.397 e. The summed E-state index contributed by atoms with van der Waals surface area (Å²) in [6.45, 7) is 1.21. The molecular weight excluding hydrogens is 437 g/mol. The number of imide groups is 1. The molecule has 0 spiro atoms. The predicted octanol–water partition coefficient (Wildman–Crippen LogP) is 2.55. The van der Waals surface area contributed by atoms with Crippen LogP contribution in [0.4, 0.5) is 14.9 Å². The summed E-state index contributed by atoms with van der Waals surface area (Å²) in [4.78, 5) is 34.2. The smallest absolute Gasteiger partial charge is 0.397 e. The number of amides is 3. The van der Waals surface area contributed by atoms with Crippen molar-refractivity contribution in [1.29, 1.82) is 0 Å². The van der Waals surface area contributed by atoms with Gasteiger partial charge in [-0.25, -0.2) is 18.7 Å². The van der Waals surface area contributed by atoms with E-state index in [1.807, 2.05) is 27.7 Å². The van der Waals surface area contributed by atoms with Crippen LogP contribution in [0.3, 0.4) is 0 Å². The lowest BCUT2D eigenvalue weighted by Crippen LogP contribution is -2.61. The Kier molecular flexibility index (Phi) is 4.85. The summed E-state index contributed by atoms with van der Waals surface area (Å²) >= 11 is 6.08. The summed E-state index contributed by atoms with van der Waals surface area (Å²) in [6, 6.07) is 10.9. The van der Waals surface area contributed by atoms with Crippen LogP contribution in [0.25, 0.3) is 0 Å². The fourth-order valence-corrected chi connectivity index (χ4v) is 4.37. The molecule has 1 unspecified atom stereocenters. The van der Waals surface area contributed by atoms with Crippen molar-refractivity contribution in [2.75, 3.05) is 32.1 Å². The minimum atomic E-state index is -0.606. The number of ether oxygens (including phenoxy) is 1. The van der Waals surface area contributed by atoms with E-state index in [2.05, 4.69) is 4.99 Å². The molecular formula is C22H20ClFN5O3+. The third-order valence-corrected chi connectivity index (χ3v) is 6.24. The minimum Gasteiger partial charge on any atom is -0.489 e. The van der Waals surface area contributed by atoms with Crippen molar-refractivity contribution < 1.29 is 23.3 Å². The van der Waals surface area contributed by atoms with Crippen LogP contribution in [-0.4, -0.2) is 71.3 Å². The van der Waals surface area contributed by atoms with Crippen LogP contribution >= 0.6 is 11.6 Å². The number of fused-ring (bicyclic) bond motifs is 2. The minimum absolute atomic E-state index is 0.00419. The Morgan fingerprint density at radius 3 is 2.75 bits per heavy atom. The second-order valence-corrected chi connectivity index (χ2v) is 8.15. The van der Waals surface area contributed by atoms with Gasteiger partial charge in [-0.3, -0.25) is 14.6 Å². The quantitative estimate of drug-likeness (QED) is 0.663. The predicted molar refractivity (Wildman–Crippen MR) is 117 cm³/mol. The number of likely N-dealkylation sites (N-methyl/N-ethyl adjacent to an activating group) is 2. The third-order valence-electron chi connectivity index (χ3n) is 5.89. The number of benzene rings is 2. The van der Waals surface area contributed by atoms with Gasteiger partial charge in [0.1, 0.15) is 30.4 Å². The van der Waals surface area contributed by atoms with Crippen LogP contribution in [0.1, 0.15) is 5.56 Å². The maximum atomic E-state index is 14.0. The fraction of sp³-hybridized carbons (Fsp3) is 0.273. The molecule has 2 aromatic carbocycles. The summed E-state index contributed by atoms with van der Waals surface area (Å²) in [6.07, 6.45) is 0.